The molecular formula is C20H13F3NO4S-. The first kappa shape index (κ1) is 20.5. The minimum atomic E-state index is -4.50. The van der Waals surface area contributed by atoms with E-state index in [4.69, 9.17) is 17.0 Å². The zero-order valence-corrected chi connectivity index (χ0v) is 16.0. The summed E-state index contributed by atoms with van der Waals surface area (Å²) in [7, 11) is 1.36. The lowest BCUT2D eigenvalue weighted by Crippen LogP contribution is -2.32. The fraction of sp³-hybridized carbons (Fsp3) is 0.150. The largest absolute Gasteiger partial charge is 0.541 e. The maximum Gasteiger partial charge on any atom is 0.416 e. The van der Waals surface area contributed by atoms with Gasteiger partial charge in [-0.25, -0.2) is 0 Å². The van der Waals surface area contributed by atoms with Crippen LogP contribution >= 0.6 is 12.2 Å². The SMILES string of the molecule is COc1ccc2[nH]c(C)c(C(=O)C(=O)[O-])c2c1C(=S)c1ccc(C(F)(F)F)cc1. The van der Waals surface area contributed by atoms with Crippen molar-refractivity contribution in [3.63, 3.8) is 0 Å². The molecule has 0 saturated carbocycles. The number of halogens is 3. The third-order valence-corrected chi connectivity index (χ3v) is 4.89. The van der Waals surface area contributed by atoms with Gasteiger partial charge in [-0.3, -0.25) is 4.79 Å². The Labute approximate surface area is 168 Å². The van der Waals surface area contributed by atoms with Crippen molar-refractivity contribution >= 4 is 39.7 Å². The highest BCUT2D eigenvalue weighted by Gasteiger charge is 2.30. The topological polar surface area (TPSA) is 82.2 Å². The number of alkyl halides is 3. The minimum absolute atomic E-state index is 0.104. The zero-order chi connectivity index (χ0) is 21.5. The van der Waals surface area contributed by atoms with Crippen LogP contribution in [0.25, 0.3) is 10.9 Å². The van der Waals surface area contributed by atoms with Gasteiger partial charge < -0.3 is 19.6 Å². The molecule has 1 N–H and O–H groups in total. The molecule has 1 aromatic heterocycles. The van der Waals surface area contributed by atoms with Crippen LogP contribution in [0.15, 0.2) is 36.4 Å². The Morgan fingerprint density at radius 3 is 2.21 bits per heavy atom. The van der Waals surface area contributed by atoms with E-state index in [-0.39, 0.29) is 32.7 Å². The summed E-state index contributed by atoms with van der Waals surface area (Å²) >= 11 is 5.48. The second-order valence-electron chi connectivity index (χ2n) is 6.21. The molecule has 0 fully saturated rings. The van der Waals surface area contributed by atoms with Crippen molar-refractivity contribution in [2.45, 2.75) is 13.1 Å². The summed E-state index contributed by atoms with van der Waals surface area (Å²) in [6.45, 7) is 1.52. The predicted octanol–water partition coefficient (Wildman–Crippen LogP) is 3.20. The maximum atomic E-state index is 12.8. The van der Waals surface area contributed by atoms with E-state index in [9.17, 15) is 27.9 Å². The molecule has 0 unspecified atom stereocenters. The number of carbonyl (C=O) groups is 2. The molecule has 29 heavy (non-hydrogen) atoms. The van der Waals surface area contributed by atoms with E-state index in [0.717, 1.165) is 12.1 Å². The van der Waals surface area contributed by atoms with Gasteiger partial charge in [0.1, 0.15) is 11.7 Å². The maximum absolute atomic E-state index is 12.8. The van der Waals surface area contributed by atoms with Gasteiger partial charge in [0.05, 0.1) is 23.1 Å². The highest BCUT2D eigenvalue weighted by molar-refractivity contribution is 7.81. The normalized spacial score (nSPS) is 11.5. The predicted molar refractivity (Wildman–Crippen MR) is 101 cm³/mol. The Morgan fingerprint density at radius 1 is 1.07 bits per heavy atom. The molecule has 1 heterocycles. The number of thiocarbonyl (C=S) groups is 1. The molecule has 0 amide bonds. The molecule has 2 aromatic carbocycles. The smallest absolute Gasteiger partial charge is 0.416 e. The second kappa shape index (κ2) is 7.32. The van der Waals surface area contributed by atoms with Crippen molar-refractivity contribution in [2.24, 2.45) is 0 Å². The van der Waals surface area contributed by atoms with Gasteiger partial charge in [0, 0.05) is 22.2 Å². The van der Waals surface area contributed by atoms with Gasteiger partial charge in [-0.1, -0.05) is 24.4 Å². The van der Waals surface area contributed by atoms with Crippen molar-refractivity contribution in [1.82, 2.24) is 4.98 Å². The number of methoxy groups -OCH3 is 1. The number of ether oxygens (including phenoxy) is 1. The second-order valence-corrected chi connectivity index (χ2v) is 6.62. The average Bonchev–Trinajstić information content (AvgIpc) is 3.01. The zero-order valence-electron chi connectivity index (χ0n) is 15.1. The van der Waals surface area contributed by atoms with Crippen LogP contribution in [0.4, 0.5) is 13.2 Å². The van der Waals surface area contributed by atoms with Gasteiger partial charge >= 0.3 is 6.18 Å². The van der Waals surface area contributed by atoms with Crippen molar-refractivity contribution in [1.29, 1.82) is 0 Å². The number of carbonyl (C=O) groups excluding carboxylic acids is 2. The summed E-state index contributed by atoms with van der Waals surface area (Å²) in [5.74, 6) is -2.88. The molecule has 0 bridgehead atoms. The standard InChI is InChI=1S/C20H14F3NO4S/c1-9-14(17(25)19(26)27)15-12(24-9)7-8-13(28-2)16(15)18(29)10-3-5-11(6-4-10)20(21,22)23/h3-8,24H,1-2H3,(H,26,27)/p-1. The lowest BCUT2D eigenvalue weighted by molar-refractivity contribution is -0.296. The summed E-state index contributed by atoms with van der Waals surface area (Å²) in [5.41, 5.74) is 0.261. The molecule has 0 aliphatic carbocycles. The Hall–Kier alpha value is -3.20. The molecule has 150 valence electrons. The number of hydrogen-bond donors (Lipinski definition) is 1. The monoisotopic (exact) mass is 420 g/mol. The van der Waals surface area contributed by atoms with Crippen LogP contribution in [0.5, 0.6) is 5.75 Å². The number of aromatic nitrogens is 1. The van der Waals surface area contributed by atoms with Crippen LogP contribution in [-0.4, -0.2) is 28.7 Å². The number of ketones is 1. The molecule has 3 rings (SSSR count). The van der Waals surface area contributed by atoms with E-state index in [2.05, 4.69) is 4.98 Å². The van der Waals surface area contributed by atoms with Crippen molar-refractivity contribution in [3.05, 3.63) is 64.3 Å². The number of nitrogens with one attached hydrogen (secondary N) is 1. The number of aliphatic carboxylic acids is 1. The first-order valence-electron chi connectivity index (χ1n) is 8.23. The molecule has 9 heteroatoms. The van der Waals surface area contributed by atoms with E-state index in [1.54, 1.807) is 12.1 Å². The fourth-order valence-corrected chi connectivity index (χ4v) is 3.47. The molecule has 5 nitrogen and oxygen atoms in total. The van der Waals surface area contributed by atoms with E-state index >= 15 is 0 Å². The van der Waals surface area contributed by atoms with E-state index < -0.39 is 23.5 Å². The number of fused-ring (bicyclic) bond motifs is 1. The van der Waals surface area contributed by atoms with Gasteiger partial charge in [0.2, 0.25) is 5.78 Å². The lowest BCUT2D eigenvalue weighted by atomic mass is 9.95. The number of hydrogen-bond acceptors (Lipinski definition) is 5. The summed E-state index contributed by atoms with van der Waals surface area (Å²) < 4.78 is 43.8. The average molecular weight is 420 g/mol. The first-order chi connectivity index (χ1) is 13.6. The molecular weight excluding hydrogens is 407 g/mol. The summed E-state index contributed by atoms with van der Waals surface area (Å²) in [6.07, 6.45) is -4.50. The lowest BCUT2D eigenvalue weighted by Gasteiger charge is -2.14. The number of carboxylic acids is 1. The number of H-pyrrole nitrogens is 1. The van der Waals surface area contributed by atoms with Gasteiger partial charge in [-0.05, 0) is 36.8 Å². The number of aryl methyl sites for hydroxylation is 1. The van der Waals surface area contributed by atoms with Crippen LogP contribution in [-0.2, 0) is 11.0 Å². The highest BCUT2D eigenvalue weighted by Crippen LogP contribution is 2.35. The Morgan fingerprint density at radius 2 is 1.69 bits per heavy atom. The van der Waals surface area contributed by atoms with Crippen LogP contribution in [0.3, 0.4) is 0 Å². The molecule has 0 aliphatic heterocycles. The first-order valence-corrected chi connectivity index (χ1v) is 8.64. The molecule has 0 aliphatic rings. The highest BCUT2D eigenvalue weighted by atomic mass is 32.1. The summed E-state index contributed by atoms with van der Waals surface area (Å²) in [6, 6.07) is 7.36. The van der Waals surface area contributed by atoms with Gasteiger partial charge in [-0.2, -0.15) is 13.2 Å². The quantitative estimate of drug-likeness (QED) is 0.389. The van der Waals surface area contributed by atoms with Crippen molar-refractivity contribution in [2.75, 3.05) is 7.11 Å². The van der Waals surface area contributed by atoms with Gasteiger partial charge in [0.25, 0.3) is 0 Å². The van der Waals surface area contributed by atoms with E-state index in [1.807, 2.05) is 0 Å². The molecule has 0 atom stereocenters. The van der Waals surface area contributed by atoms with Crippen LogP contribution in [0.1, 0.15) is 32.7 Å². The van der Waals surface area contributed by atoms with Gasteiger partial charge in [-0.15, -0.1) is 0 Å². The number of Topliss-reactive ketones (excluding diaryl/α,β-unsaturated/α-hetero) is 1. The number of rotatable bonds is 5. The Balaban J connectivity index is 2.26. The number of carboxylic acid groups (broad SMARTS) is 1. The third-order valence-electron chi connectivity index (χ3n) is 4.45. The van der Waals surface area contributed by atoms with E-state index in [0.29, 0.717) is 11.2 Å². The Bertz CT molecular complexity index is 1150. The summed E-state index contributed by atoms with van der Waals surface area (Å²) in [4.78, 5) is 26.4. The Kier molecular flexibility index (Phi) is 5.18. The van der Waals surface area contributed by atoms with Crippen LogP contribution in [0.2, 0.25) is 0 Å². The number of aromatic amines is 1. The molecule has 3 aromatic rings. The van der Waals surface area contributed by atoms with Crippen molar-refractivity contribution < 1.29 is 32.6 Å². The van der Waals surface area contributed by atoms with Crippen LogP contribution < -0.4 is 9.84 Å². The van der Waals surface area contributed by atoms with E-state index in [1.165, 1.54) is 26.2 Å². The third kappa shape index (κ3) is 3.61. The van der Waals surface area contributed by atoms with Crippen molar-refractivity contribution in [3.8, 4) is 5.75 Å². The fourth-order valence-electron chi connectivity index (χ4n) is 3.14. The summed E-state index contributed by atoms with van der Waals surface area (Å²) in [5, 5.41) is 11.4. The minimum Gasteiger partial charge on any atom is -0.541 e. The molecule has 0 radical (unpaired) electrons. The molecule has 0 saturated heterocycles. The van der Waals surface area contributed by atoms with Crippen LogP contribution in [0, 0.1) is 6.92 Å². The number of benzene rings is 2. The molecule has 0 spiro atoms. The van der Waals surface area contributed by atoms with Gasteiger partial charge in [0.15, 0.2) is 0 Å².